The monoisotopic (exact) mass is 1190 g/mol. The molecule has 4 aromatic rings. The number of aromatic nitrogens is 2. The lowest BCUT2D eigenvalue weighted by Crippen LogP contribution is -2.61. The maximum absolute atomic E-state index is 16.4. The lowest BCUT2D eigenvalue weighted by atomic mass is 9.84. The van der Waals surface area contributed by atoms with Gasteiger partial charge >= 0.3 is 12.1 Å². The largest absolute Gasteiger partial charge is 0.445 e. The van der Waals surface area contributed by atoms with Gasteiger partial charge in [-0.05, 0) is 91.8 Å². The Morgan fingerprint density at radius 2 is 1.56 bits per heavy atom. The maximum atomic E-state index is 16.4. The van der Waals surface area contributed by atoms with Gasteiger partial charge in [0.2, 0.25) is 17.7 Å². The number of alkyl halides is 1. The van der Waals surface area contributed by atoms with E-state index in [1.54, 1.807) is 30.5 Å². The average molecular weight is 1190 g/mol. The number of sulfone groups is 1. The van der Waals surface area contributed by atoms with Crippen LogP contribution in [0.5, 0.6) is 0 Å². The first-order valence-electron chi connectivity index (χ1n) is 28.0. The summed E-state index contributed by atoms with van der Waals surface area (Å²) in [4.78, 5) is 112. The van der Waals surface area contributed by atoms with Gasteiger partial charge in [-0.3, -0.25) is 38.6 Å². The number of anilines is 1. The number of hydrogen-bond acceptors (Lipinski definition) is 13. The lowest BCUT2D eigenvalue weighted by molar-refractivity contribution is -0.156. The van der Waals surface area contributed by atoms with Gasteiger partial charge in [-0.2, -0.15) is 0 Å². The molecule has 0 spiro atoms. The lowest BCUT2D eigenvalue weighted by Gasteiger charge is -2.46. The minimum absolute atomic E-state index is 0.0272. The molecule has 1 aromatic heterocycles. The topological polar surface area (TPSA) is 302 Å². The van der Waals surface area contributed by atoms with E-state index in [2.05, 4.69) is 21.3 Å². The van der Waals surface area contributed by atoms with Crippen molar-refractivity contribution in [2.45, 2.75) is 115 Å². The number of aliphatic hydroxyl groups is 1. The SMILES string of the molecule is CC(C)[C@H](NC(=O)CCCCCN1C(=O)C=CC1=O)C(=O)N[C@@H](CCCNC(N)=O)C(=O)Nc1ccc(COC(=O)N2C[C@H](F)[C@@H]3CN([C@@H](c4nc(-c5cc(F)ccc5F)cn4Cc4ccccc4)C4CCS(=O)(=O)CC4)C(=O)[C@@H](O)C32)cc1. The normalized spacial score (nSPS) is 20.6. The second-order valence-electron chi connectivity index (χ2n) is 21.9. The first-order chi connectivity index (χ1) is 40.1. The summed E-state index contributed by atoms with van der Waals surface area (Å²) in [7, 11) is -3.45. The molecule has 84 heavy (non-hydrogen) atoms. The van der Waals surface area contributed by atoms with Crippen molar-refractivity contribution in [3.8, 4) is 11.3 Å². The van der Waals surface area contributed by atoms with Crippen molar-refractivity contribution in [2.75, 3.05) is 43.0 Å². The maximum Gasteiger partial charge on any atom is 0.410 e. The zero-order valence-electron chi connectivity index (χ0n) is 46.5. The summed E-state index contributed by atoms with van der Waals surface area (Å²) in [5, 5.41) is 22.5. The van der Waals surface area contributed by atoms with Crippen LogP contribution >= 0.6 is 0 Å². The van der Waals surface area contributed by atoms with Gasteiger partial charge in [0, 0.05) is 68.1 Å². The van der Waals surface area contributed by atoms with Gasteiger partial charge in [-0.1, -0.05) is 62.7 Å². The Balaban J connectivity index is 0.906. The molecule has 8 rings (SSSR count). The minimum Gasteiger partial charge on any atom is -0.445 e. The first-order valence-corrected chi connectivity index (χ1v) is 29.8. The third-order valence-electron chi connectivity index (χ3n) is 15.6. The number of hydrogen-bond donors (Lipinski definition) is 6. The van der Waals surface area contributed by atoms with Crippen LogP contribution in [0.2, 0.25) is 0 Å². The van der Waals surface area contributed by atoms with E-state index < -0.39 is 118 Å². The van der Waals surface area contributed by atoms with E-state index in [1.165, 1.54) is 47.5 Å². The zero-order chi connectivity index (χ0) is 60.4. The number of imidazole rings is 1. The molecular weight excluding hydrogens is 1120 g/mol. The Morgan fingerprint density at radius 3 is 2.24 bits per heavy atom. The number of urea groups is 1. The second-order valence-corrected chi connectivity index (χ2v) is 24.2. The number of fused-ring (bicyclic) bond motifs is 1. The van der Waals surface area contributed by atoms with Crippen molar-refractivity contribution < 1.29 is 69.8 Å². The van der Waals surface area contributed by atoms with E-state index in [0.717, 1.165) is 33.6 Å². The fourth-order valence-electron chi connectivity index (χ4n) is 11.2. The molecule has 5 heterocycles. The summed E-state index contributed by atoms with van der Waals surface area (Å²) in [6.07, 6.45) is 1.10. The molecule has 4 aliphatic heterocycles. The van der Waals surface area contributed by atoms with Gasteiger partial charge in [0.05, 0.1) is 35.8 Å². The fraction of sp³-hybridized carbons (Fsp3) is 0.466. The van der Waals surface area contributed by atoms with E-state index in [-0.39, 0.29) is 111 Å². The highest BCUT2D eigenvalue weighted by molar-refractivity contribution is 7.91. The Bertz CT molecular complexity index is 3210. The van der Waals surface area contributed by atoms with Crippen LogP contribution in [0, 0.1) is 29.4 Å². The number of nitrogens with zero attached hydrogens (tertiary/aromatic N) is 5. The minimum atomic E-state index is -3.45. The molecule has 7 N–H and O–H groups in total. The standard InChI is InChI=1S/C58H69F3N10O12S/c1-34(2)49(67-46(72)13-7-4-8-25-69-47(73)20-21-48(69)74)55(77)66-44(12-9-24-63-57(62)79)54(76)64-39-17-14-36(15-18-39)33-83-58(80)71-31-43(61)41-30-70(56(78)52(75)51(41)71)50(37-22-26-84(81,82)27-23-37)53-65-45(40-28-38(59)16-19-42(40)60)32-68(53)29-35-10-5-3-6-11-35/h3,5-6,10-11,14-21,28,32,34,37,41,43-44,49-52,75H,4,7-9,12-13,22-27,29-31,33H2,1-2H3,(H,64,76)(H,66,77)(H,67,72)(H3,62,63,79)/t41-,43-,44-,49-,50+,51?,52-/m0/s1. The summed E-state index contributed by atoms with van der Waals surface area (Å²) in [6.45, 7) is 2.67. The Hall–Kier alpha value is -8.13. The average Bonchev–Trinajstić information content (AvgIpc) is 3.22. The highest BCUT2D eigenvalue weighted by atomic mass is 32.2. The number of amides is 9. The summed E-state index contributed by atoms with van der Waals surface area (Å²) in [6, 6.07) is 12.7. The number of carbonyl (C=O) groups is 8. The van der Waals surface area contributed by atoms with Crippen molar-refractivity contribution >= 4 is 63.1 Å². The van der Waals surface area contributed by atoms with E-state index in [4.69, 9.17) is 15.5 Å². The quantitative estimate of drug-likeness (QED) is 0.0419. The molecule has 0 saturated carbocycles. The van der Waals surface area contributed by atoms with E-state index in [1.807, 2.05) is 18.2 Å². The van der Waals surface area contributed by atoms with Crippen molar-refractivity contribution in [1.29, 1.82) is 0 Å². The Kier molecular flexibility index (Phi) is 20.3. The predicted molar refractivity (Wildman–Crippen MR) is 299 cm³/mol. The van der Waals surface area contributed by atoms with Gasteiger partial charge in [0.1, 0.15) is 52.2 Å². The molecule has 0 radical (unpaired) electrons. The molecule has 450 valence electrons. The van der Waals surface area contributed by atoms with E-state index >= 15 is 8.78 Å². The molecule has 0 bridgehead atoms. The highest BCUT2D eigenvalue weighted by Crippen LogP contribution is 2.43. The van der Waals surface area contributed by atoms with Crippen LogP contribution in [0.25, 0.3) is 11.3 Å². The number of likely N-dealkylation sites (tertiary alicyclic amines) is 2. The van der Waals surface area contributed by atoms with Crippen LogP contribution in [0.1, 0.15) is 88.2 Å². The van der Waals surface area contributed by atoms with Crippen molar-refractivity contribution in [2.24, 2.45) is 23.5 Å². The molecule has 7 atom stereocenters. The molecule has 3 fully saturated rings. The van der Waals surface area contributed by atoms with Crippen LogP contribution in [-0.2, 0) is 56.5 Å². The van der Waals surface area contributed by atoms with Gasteiger partial charge in [-0.15, -0.1) is 0 Å². The van der Waals surface area contributed by atoms with Gasteiger partial charge < -0.3 is 46.3 Å². The predicted octanol–water partition coefficient (Wildman–Crippen LogP) is 4.42. The van der Waals surface area contributed by atoms with Crippen molar-refractivity contribution in [3.63, 3.8) is 0 Å². The molecule has 3 saturated heterocycles. The number of imide groups is 1. The van der Waals surface area contributed by atoms with Crippen molar-refractivity contribution in [3.05, 3.63) is 120 Å². The molecule has 0 aliphatic carbocycles. The van der Waals surface area contributed by atoms with E-state index in [9.17, 15) is 56.3 Å². The molecule has 3 aromatic carbocycles. The van der Waals surface area contributed by atoms with Crippen LogP contribution in [0.3, 0.4) is 0 Å². The first kappa shape index (κ1) is 61.9. The van der Waals surface area contributed by atoms with Crippen LogP contribution < -0.4 is 27.0 Å². The summed E-state index contributed by atoms with van der Waals surface area (Å²) >= 11 is 0. The number of nitrogens with one attached hydrogen (secondary N) is 4. The fourth-order valence-corrected chi connectivity index (χ4v) is 12.7. The number of nitrogens with two attached hydrogens (primary N) is 1. The molecule has 1 unspecified atom stereocenters. The number of aliphatic hydroxyl groups excluding tert-OH is 1. The summed E-state index contributed by atoms with van der Waals surface area (Å²) < 4.78 is 79.2. The Morgan fingerprint density at radius 1 is 0.857 bits per heavy atom. The third-order valence-corrected chi connectivity index (χ3v) is 17.3. The summed E-state index contributed by atoms with van der Waals surface area (Å²) in [5.74, 6) is -7.22. The second kappa shape index (κ2) is 27.5. The van der Waals surface area contributed by atoms with Crippen LogP contribution in [-0.4, -0.2) is 153 Å². The summed E-state index contributed by atoms with van der Waals surface area (Å²) in [5.41, 5.74) is 6.55. The highest BCUT2D eigenvalue weighted by Gasteiger charge is 2.57. The number of unbranched alkanes of at least 4 members (excludes halogenated alkanes) is 2. The third kappa shape index (κ3) is 15.3. The number of rotatable bonds is 24. The van der Waals surface area contributed by atoms with Crippen molar-refractivity contribution in [1.82, 2.24) is 40.2 Å². The Labute approximate surface area is 483 Å². The van der Waals surface area contributed by atoms with Crippen LogP contribution in [0.15, 0.2) is 91.1 Å². The number of piperidine rings is 1. The molecule has 4 aliphatic rings. The number of primary amides is 1. The van der Waals surface area contributed by atoms with E-state index in [0.29, 0.717) is 24.8 Å². The van der Waals surface area contributed by atoms with Gasteiger partial charge in [0.15, 0.2) is 6.10 Å². The van der Waals surface area contributed by atoms with Gasteiger partial charge in [-0.25, -0.2) is 36.2 Å². The number of carbonyl (C=O) groups excluding carboxylic acids is 8. The molecule has 9 amide bonds. The van der Waals surface area contributed by atoms with Gasteiger partial charge in [0.25, 0.3) is 17.7 Å². The number of halogens is 3. The van der Waals surface area contributed by atoms with Crippen LogP contribution in [0.4, 0.5) is 28.4 Å². The number of benzene rings is 3. The smallest absolute Gasteiger partial charge is 0.410 e. The number of ether oxygens (including phenoxy) is 1. The molecular formula is C58H69F3N10O12S. The zero-order valence-corrected chi connectivity index (χ0v) is 47.3. The molecule has 26 heteroatoms. The molecule has 22 nitrogen and oxygen atoms in total.